The standard InChI is InChI=1S/C30H50O4/c1-25(2)20-11-14-29(7)21(27(20,5)13-12-22(25)31)9-8-19-23-18(26(3,4)34)10-15-30(23,24(32)33)17-16-28(19,29)6/h18-23,31,34H,8-17H2,1-7H3,(H,32,33). The van der Waals surface area contributed by atoms with Crippen LogP contribution in [0.15, 0.2) is 0 Å². The first-order chi connectivity index (χ1) is 15.6. The molecular weight excluding hydrogens is 424 g/mol. The fourth-order valence-corrected chi connectivity index (χ4v) is 11.7. The first-order valence-electron chi connectivity index (χ1n) is 14.2. The molecule has 10 unspecified atom stereocenters. The van der Waals surface area contributed by atoms with Crippen molar-refractivity contribution in [1.29, 1.82) is 0 Å². The topological polar surface area (TPSA) is 77.8 Å². The van der Waals surface area contributed by atoms with Crippen molar-refractivity contribution in [1.82, 2.24) is 0 Å². The van der Waals surface area contributed by atoms with Crippen molar-refractivity contribution >= 4 is 5.97 Å². The molecule has 194 valence electrons. The molecule has 0 aromatic heterocycles. The van der Waals surface area contributed by atoms with E-state index in [1.54, 1.807) is 0 Å². The zero-order valence-electron chi connectivity index (χ0n) is 22.8. The number of hydrogen-bond acceptors (Lipinski definition) is 3. The fraction of sp³-hybridized carbons (Fsp3) is 0.967. The maximum atomic E-state index is 12.8. The monoisotopic (exact) mass is 474 g/mol. The lowest BCUT2D eigenvalue weighted by Gasteiger charge is -2.72. The van der Waals surface area contributed by atoms with Crippen LogP contribution in [0.3, 0.4) is 0 Å². The Labute approximate surface area is 207 Å². The van der Waals surface area contributed by atoms with Gasteiger partial charge in [-0.2, -0.15) is 0 Å². The van der Waals surface area contributed by atoms with Crippen LogP contribution in [-0.4, -0.2) is 33.0 Å². The summed E-state index contributed by atoms with van der Waals surface area (Å²) in [6, 6.07) is 0. The summed E-state index contributed by atoms with van der Waals surface area (Å²) in [6.07, 6.45) is 9.72. The van der Waals surface area contributed by atoms with Gasteiger partial charge in [0, 0.05) is 0 Å². The zero-order valence-corrected chi connectivity index (χ0v) is 22.8. The third kappa shape index (κ3) is 2.88. The van der Waals surface area contributed by atoms with Gasteiger partial charge in [-0.1, -0.05) is 34.6 Å². The number of fused-ring (bicyclic) bond motifs is 7. The Morgan fingerprint density at radius 3 is 2.09 bits per heavy atom. The number of hydrogen-bond donors (Lipinski definition) is 3. The molecule has 10 atom stereocenters. The molecule has 0 radical (unpaired) electrons. The highest BCUT2D eigenvalue weighted by atomic mass is 16.4. The molecule has 0 spiro atoms. The minimum absolute atomic E-state index is 0.0471. The SMILES string of the molecule is CC(C)(O)C1CCC2(C(=O)O)CCC3(C)C(CCC4C5(C)CCC(O)C(C)(C)C5CCC43C)C12. The Kier molecular flexibility index (Phi) is 5.34. The molecular formula is C30H50O4. The average molecular weight is 475 g/mol. The third-order valence-electron chi connectivity index (χ3n) is 13.7. The quantitative estimate of drug-likeness (QED) is 0.440. The van der Waals surface area contributed by atoms with E-state index in [4.69, 9.17) is 0 Å². The van der Waals surface area contributed by atoms with Gasteiger partial charge in [0.2, 0.25) is 0 Å². The van der Waals surface area contributed by atoms with Crippen molar-refractivity contribution in [3.05, 3.63) is 0 Å². The minimum Gasteiger partial charge on any atom is -0.481 e. The van der Waals surface area contributed by atoms with Crippen molar-refractivity contribution in [2.45, 2.75) is 124 Å². The van der Waals surface area contributed by atoms with E-state index in [9.17, 15) is 20.1 Å². The van der Waals surface area contributed by atoms with Crippen LogP contribution < -0.4 is 0 Å². The van der Waals surface area contributed by atoms with Gasteiger partial charge in [0.1, 0.15) is 0 Å². The van der Waals surface area contributed by atoms with Crippen LogP contribution in [0, 0.1) is 56.7 Å². The molecule has 0 heterocycles. The van der Waals surface area contributed by atoms with Crippen LogP contribution in [0.25, 0.3) is 0 Å². The Balaban J connectivity index is 1.57. The second-order valence-corrected chi connectivity index (χ2v) is 15.3. The summed E-state index contributed by atoms with van der Waals surface area (Å²) in [7, 11) is 0. The molecule has 5 rings (SSSR count). The van der Waals surface area contributed by atoms with E-state index in [1.165, 1.54) is 19.3 Å². The lowest BCUT2D eigenvalue weighted by atomic mass is 9.32. The predicted octanol–water partition coefficient (Wildman–Crippen LogP) is 6.28. The van der Waals surface area contributed by atoms with Gasteiger partial charge in [0.25, 0.3) is 0 Å². The van der Waals surface area contributed by atoms with E-state index in [1.807, 2.05) is 13.8 Å². The van der Waals surface area contributed by atoms with Gasteiger partial charge in [-0.3, -0.25) is 4.79 Å². The number of carboxylic acids is 1. The molecule has 5 aliphatic rings. The van der Waals surface area contributed by atoms with Crippen molar-refractivity contribution in [3.63, 3.8) is 0 Å². The lowest BCUT2D eigenvalue weighted by molar-refractivity contribution is -0.252. The van der Waals surface area contributed by atoms with E-state index in [0.717, 1.165) is 44.9 Å². The molecule has 3 N–H and O–H groups in total. The smallest absolute Gasteiger partial charge is 0.309 e. The molecule has 34 heavy (non-hydrogen) atoms. The minimum atomic E-state index is -0.842. The summed E-state index contributed by atoms with van der Waals surface area (Å²) in [5.74, 6) is 1.03. The van der Waals surface area contributed by atoms with Gasteiger partial charge in [0.15, 0.2) is 0 Å². The van der Waals surface area contributed by atoms with Crippen LogP contribution >= 0.6 is 0 Å². The van der Waals surface area contributed by atoms with Gasteiger partial charge < -0.3 is 15.3 Å². The van der Waals surface area contributed by atoms with Gasteiger partial charge in [-0.15, -0.1) is 0 Å². The number of aliphatic hydroxyl groups excluding tert-OH is 1. The third-order valence-corrected chi connectivity index (χ3v) is 13.7. The van der Waals surface area contributed by atoms with Gasteiger partial charge >= 0.3 is 5.97 Å². The molecule has 5 aliphatic carbocycles. The number of carbonyl (C=O) groups is 1. The maximum absolute atomic E-state index is 12.8. The summed E-state index contributed by atoms with van der Waals surface area (Å²) in [6.45, 7) is 16.0. The van der Waals surface area contributed by atoms with Crippen LogP contribution in [0.2, 0.25) is 0 Å². The maximum Gasteiger partial charge on any atom is 0.309 e. The Bertz CT molecular complexity index is 858. The van der Waals surface area contributed by atoms with Crippen LogP contribution in [0.1, 0.15) is 113 Å². The van der Waals surface area contributed by atoms with Crippen molar-refractivity contribution in [3.8, 4) is 0 Å². The number of aliphatic carboxylic acids is 1. The van der Waals surface area contributed by atoms with Crippen molar-refractivity contribution < 1.29 is 20.1 Å². The predicted molar refractivity (Wildman–Crippen MR) is 134 cm³/mol. The molecule has 0 bridgehead atoms. The fourth-order valence-electron chi connectivity index (χ4n) is 11.7. The normalized spacial score (nSPS) is 54.4. The molecule has 0 amide bonds. The summed E-state index contributed by atoms with van der Waals surface area (Å²) in [4.78, 5) is 12.8. The Morgan fingerprint density at radius 2 is 1.47 bits per heavy atom. The molecule has 0 aromatic rings. The van der Waals surface area contributed by atoms with E-state index >= 15 is 0 Å². The molecule has 4 heteroatoms. The van der Waals surface area contributed by atoms with Crippen LogP contribution in [0.5, 0.6) is 0 Å². The number of aliphatic hydroxyl groups is 2. The van der Waals surface area contributed by atoms with Gasteiger partial charge in [-0.05, 0) is 129 Å². The highest BCUT2D eigenvalue weighted by Crippen LogP contribution is 2.77. The number of carboxylic acid groups (broad SMARTS) is 1. The largest absolute Gasteiger partial charge is 0.481 e. The van der Waals surface area contributed by atoms with E-state index in [0.29, 0.717) is 17.8 Å². The van der Waals surface area contributed by atoms with Gasteiger partial charge in [0.05, 0.1) is 17.1 Å². The first kappa shape index (κ1) is 25.1. The van der Waals surface area contributed by atoms with Crippen LogP contribution in [0.4, 0.5) is 0 Å². The molecule has 4 nitrogen and oxygen atoms in total. The second-order valence-electron chi connectivity index (χ2n) is 15.3. The lowest BCUT2D eigenvalue weighted by Crippen LogP contribution is -2.67. The molecule has 0 aliphatic heterocycles. The molecule has 5 saturated carbocycles. The van der Waals surface area contributed by atoms with Crippen LogP contribution in [-0.2, 0) is 4.79 Å². The van der Waals surface area contributed by atoms with E-state index in [2.05, 4.69) is 34.6 Å². The van der Waals surface area contributed by atoms with Gasteiger partial charge in [-0.25, -0.2) is 0 Å². The van der Waals surface area contributed by atoms with E-state index in [-0.39, 0.29) is 39.6 Å². The Morgan fingerprint density at radius 1 is 0.794 bits per heavy atom. The summed E-state index contributed by atoms with van der Waals surface area (Å²) >= 11 is 0. The zero-order chi connectivity index (χ0) is 25.1. The highest BCUT2D eigenvalue weighted by molar-refractivity contribution is 5.76. The summed E-state index contributed by atoms with van der Waals surface area (Å²) in [5, 5.41) is 32.6. The summed E-state index contributed by atoms with van der Waals surface area (Å²) in [5.41, 5.74) is -1.04. The number of rotatable bonds is 2. The highest BCUT2D eigenvalue weighted by Gasteiger charge is 2.72. The molecule has 0 aromatic carbocycles. The second kappa shape index (κ2) is 7.24. The van der Waals surface area contributed by atoms with Crippen molar-refractivity contribution in [2.75, 3.05) is 0 Å². The van der Waals surface area contributed by atoms with E-state index < -0.39 is 17.0 Å². The Hall–Kier alpha value is -0.610. The van der Waals surface area contributed by atoms with Crippen molar-refractivity contribution in [2.24, 2.45) is 56.7 Å². The molecule has 5 fully saturated rings. The summed E-state index contributed by atoms with van der Waals surface area (Å²) < 4.78 is 0. The molecule has 0 saturated heterocycles. The average Bonchev–Trinajstić information content (AvgIpc) is 3.13. The first-order valence-corrected chi connectivity index (χ1v) is 14.2.